The second kappa shape index (κ2) is 6.99. The van der Waals surface area contributed by atoms with Gasteiger partial charge in [-0.05, 0) is 35.9 Å². The predicted octanol–water partition coefficient (Wildman–Crippen LogP) is 4.06. The second-order valence-electron chi connectivity index (χ2n) is 4.79. The Bertz CT molecular complexity index is 780. The first kappa shape index (κ1) is 17.3. The number of nitrogens with one attached hydrogen (secondary N) is 1. The quantitative estimate of drug-likeness (QED) is 0.828. The van der Waals surface area contributed by atoms with Crippen molar-refractivity contribution in [1.29, 1.82) is 0 Å². The minimum absolute atomic E-state index is 0.0613. The Morgan fingerprint density at radius 2 is 1.62 bits per heavy atom. The number of anilines is 1. The summed E-state index contributed by atoms with van der Waals surface area (Å²) in [5.41, 5.74) is -0.301. The molecule has 0 fully saturated rings. The lowest BCUT2D eigenvalue weighted by atomic mass is 10.1. The van der Waals surface area contributed by atoms with Gasteiger partial charge in [0.15, 0.2) is 0 Å². The van der Waals surface area contributed by atoms with E-state index in [0.717, 1.165) is 18.2 Å². The van der Waals surface area contributed by atoms with Crippen molar-refractivity contribution < 1.29 is 27.9 Å². The zero-order valence-corrected chi connectivity index (χ0v) is 12.2. The maximum Gasteiger partial charge on any atom is 0.416 e. The van der Waals surface area contributed by atoms with E-state index in [1.54, 1.807) is 6.07 Å². The van der Waals surface area contributed by atoms with Crippen molar-refractivity contribution in [2.24, 2.45) is 0 Å². The molecule has 2 N–H and O–H groups in total. The fraction of sp³-hybridized carbons (Fsp3) is 0.0588. The van der Waals surface area contributed by atoms with Crippen LogP contribution in [-0.2, 0) is 11.0 Å². The van der Waals surface area contributed by atoms with E-state index in [9.17, 15) is 22.8 Å². The van der Waals surface area contributed by atoms with Crippen LogP contribution in [0.25, 0.3) is 6.08 Å². The summed E-state index contributed by atoms with van der Waals surface area (Å²) in [7, 11) is 0. The molecule has 0 bridgehead atoms. The molecule has 0 aliphatic carbocycles. The molecule has 0 unspecified atom stereocenters. The summed E-state index contributed by atoms with van der Waals surface area (Å²) in [5.74, 6) is -1.78. The Labute approximate surface area is 135 Å². The number of carbonyl (C=O) groups excluding carboxylic acids is 1. The number of aromatic carboxylic acids is 1. The van der Waals surface area contributed by atoms with E-state index in [1.165, 1.54) is 36.4 Å². The van der Waals surface area contributed by atoms with Crippen LogP contribution < -0.4 is 5.32 Å². The number of amides is 1. The number of carbonyl (C=O) groups is 2. The van der Waals surface area contributed by atoms with Gasteiger partial charge in [0, 0.05) is 6.08 Å². The van der Waals surface area contributed by atoms with Crippen molar-refractivity contribution in [3.63, 3.8) is 0 Å². The summed E-state index contributed by atoms with van der Waals surface area (Å²) in [6.45, 7) is 0. The van der Waals surface area contributed by atoms with Gasteiger partial charge in [-0.3, -0.25) is 4.79 Å². The average Bonchev–Trinajstić information content (AvgIpc) is 2.53. The molecule has 0 spiro atoms. The summed E-state index contributed by atoms with van der Waals surface area (Å²) in [6, 6.07) is 10.2. The Morgan fingerprint density at radius 3 is 2.21 bits per heavy atom. The van der Waals surface area contributed by atoms with E-state index in [-0.39, 0.29) is 11.3 Å². The smallest absolute Gasteiger partial charge is 0.416 e. The van der Waals surface area contributed by atoms with E-state index in [1.807, 2.05) is 0 Å². The second-order valence-corrected chi connectivity index (χ2v) is 4.79. The molecule has 4 nitrogen and oxygen atoms in total. The average molecular weight is 335 g/mol. The number of carboxylic acid groups (broad SMARTS) is 1. The third-order valence-corrected chi connectivity index (χ3v) is 3.08. The van der Waals surface area contributed by atoms with Crippen molar-refractivity contribution in [2.75, 3.05) is 5.32 Å². The molecule has 0 saturated carbocycles. The maximum absolute atomic E-state index is 12.4. The van der Waals surface area contributed by atoms with Crippen LogP contribution in [0.3, 0.4) is 0 Å². The number of benzene rings is 2. The van der Waals surface area contributed by atoms with Gasteiger partial charge in [0.2, 0.25) is 5.91 Å². The highest BCUT2D eigenvalue weighted by Crippen LogP contribution is 2.29. The summed E-state index contributed by atoms with van der Waals surface area (Å²) in [4.78, 5) is 22.9. The van der Waals surface area contributed by atoms with Crippen LogP contribution in [-0.4, -0.2) is 17.0 Å². The van der Waals surface area contributed by atoms with E-state index in [2.05, 4.69) is 5.32 Å². The standard InChI is InChI=1S/C17H12F3NO3/c18-17(19,20)12-8-5-11(6-9-12)7-10-15(22)21-14-4-2-1-3-13(14)16(23)24/h1-10H,(H,21,22)(H,23,24). The Morgan fingerprint density at radius 1 is 1.00 bits per heavy atom. The molecule has 0 atom stereocenters. The number of alkyl halides is 3. The number of carboxylic acids is 1. The number of halogens is 3. The molecule has 2 aromatic rings. The Kier molecular flexibility index (Phi) is 5.03. The van der Waals surface area contributed by atoms with E-state index in [0.29, 0.717) is 5.56 Å². The molecule has 0 aliphatic rings. The van der Waals surface area contributed by atoms with E-state index in [4.69, 9.17) is 5.11 Å². The number of hydrogen-bond acceptors (Lipinski definition) is 2. The molecule has 0 saturated heterocycles. The molecule has 7 heteroatoms. The van der Waals surface area contributed by atoms with E-state index < -0.39 is 23.6 Å². The monoisotopic (exact) mass is 335 g/mol. The van der Waals surface area contributed by atoms with Gasteiger partial charge in [-0.15, -0.1) is 0 Å². The highest BCUT2D eigenvalue weighted by atomic mass is 19.4. The molecule has 0 heterocycles. The molecule has 124 valence electrons. The number of para-hydroxylation sites is 1. The lowest BCUT2D eigenvalue weighted by molar-refractivity contribution is -0.137. The molecule has 2 rings (SSSR count). The first-order chi connectivity index (χ1) is 11.3. The zero-order chi connectivity index (χ0) is 17.7. The van der Waals surface area contributed by atoms with Gasteiger partial charge in [-0.25, -0.2) is 4.79 Å². The van der Waals surface area contributed by atoms with Crippen LogP contribution in [0, 0.1) is 0 Å². The van der Waals surface area contributed by atoms with Gasteiger partial charge in [0.1, 0.15) is 0 Å². The third-order valence-electron chi connectivity index (χ3n) is 3.08. The van der Waals surface area contributed by atoms with Crippen LogP contribution in [0.15, 0.2) is 54.6 Å². The largest absolute Gasteiger partial charge is 0.478 e. The first-order valence-corrected chi connectivity index (χ1v) is 6.76. The van der Waals surface area contributed by atoms with Crippen LogP contribution in [0.5, 0.6) is 0 Å². The van der Waals surface area contributed by atoms with Crippen LogP contribution in [0.1, 0.15) is 21.5 Å². The summed E-state index contributed by atoms with van der Waals surface area (Å²) < 4.78 is 37.3. The molecule has 0 radical (unpaired) electrons. The number of rotatable bonds is 4. The topological polar surface area (TPSA) is 66.4 Å². The van der Waals surface area contributed by atoms with Gasteiger partial charge in [0.25, 0.3) is 0 Å². The minimum Gasteiger partial charge on any atom is -0.478 e. The summed E-state index contributed by atoms with van der Waals surface area (Å²) in [6.07, 6.45) is -1.97. The van der Waals surface area contributed by atoms with Crippen LogP contribution in [0.4, 0.5) is 18.9 Å². The normalized spacial score (nSPS) is 11.5. The van der Waals surface area contributed by atoms with Crippen LogP contribution in [0.2, 0.25) is 0 Å². The molecule has 1 amide bonds. The highest BCUT2D eigenvalue weighted by molar-refractivity contribution is 6.06. The fourth-order valence-electron chi connectivity index (χ4n) is 1.91. The molecule has 0 aromatic heterocycles. The minimum atomic E-state index is -4.42. The molecule has 24 heavy (non-hydrogen) atoms. The van der Waals surface area contributed by atoms with Crippen LogP contribution >= 0.6 is 0 Å². The van der Waals surface area contributed by atoms with Crippen molar-refractivity contribution in [2.45, 2.75) is 6.18 Å². The van der Waals surface area contributed by atoms with Gasteiger partial charge in [0.05, 0.1) is 16.8 Å². The maximum atomic E-state index is 12.4. The molecule has 0 aliphatic heterocycles. The van der Waals surface area contributed by atoms with Gasteiger partial charge >= 0.3 is 12.1 Å². The number of hydrogen-bond donors (Lipinski definition) is 2. The first-order valence-electron chi connectivity index (χ1n) is 6.76. The molecule has 2 aromatic carbocycles. The lowest BCUT2D eigenvalue weighted by Gasteiger charge is -2.06. The van der Waals surface area contributed by atoms with Gasteiger partial charge < -0.3 is 10.4 Å². The lowest BCUT2D eigenvalue weighted by Crippen LogP contribution is -2.11. The van der Waals surface area contributed by atoms with Gasteiger partial charge in [-0.1, -0.05) is 24.3 Å². The summed E-state index contributed by atoms with van der Waals surface area (Å²) >= 11 is 0. The fourth-order valence-corrected chi connectivity index (χ4v) is 1.91. The Hall–Kier alpha value is -3.09. The predicted molar refractivity (Wildman–Crippen MR) is 82.5 cm³/mol. The molecular weight excluding hydrogens is 323 g/mol. The third kappa shape index (κ3) is 4.45. The van der Waals surface area contributed by atoms with Crippen molar-refractivity contribution in [3.05, 3.63) is 71.3 Å². The van der Waals surface area contributed by atoms with Gasteiger partial charge in [-0.2, -0.15) is 13.2 Å². The van der Waals surface area contributed by atoms with Crippen molar-refractivity contribution in [1.82, 2.24) is 0 Å². The van der Waals surface area contributed by atoms with E-state index >= 15 is 0 Å². The zero-order valence-electron chi connectivity index (χ0n) is 12.2. The SMILES string of the molecule is O=C(C=Cc1ccc(C(F)(F)F)cc1)Nc1ccccc1C(=O)O. The highest BCUT2D eigenvalue weighted by Gasteiger charge is 2.29. The Balaban J connectivity index is 2.07. The summed E-state index contributed by atoms with van der Waals surface area (Å²) in [5, 5.41) is 11.4. The van der Waals surface area contributed by atoms with Crippen molar-refractivity contribution >= 4 is 23.6 Å². The van der Waals surface area contributed by atoms with Crippen molar-refractivity contribution in [3.8, 4) is 0 Å². The molecular formula is C17H12F3NO3.